The molecule has 0 aliphatic heterocycles. The maximum atomic E-state index is 8.73. The van der Waals surface area contributed by atoms with Gasteiger partial charge in [-0.25, -0.2) is 0 Å². The zero-order chi connectivity index (χ0) is 12.0. The van der Waals surface area contributed by atoms with E-state index in [0.717, 1.165) is 12.0 Å². The summed E-state index contributed by atoms with van der Waals surface area (Å²) in [6, 6.07) is 5.49. The first-order chi connectivity index (χ1) is 7.69. The molecule has 0 aromatic heterocycles. The summed E-state index contributed by atoms with van der Waals surface area (Å²) in [6.07, 6.45) is 1.45. The van der Waals surface area contributed by atoms with Crippen LogP contribution in [-0.2, 0) is 0 Å². The Hall–Kier alpha value is -0.770. The lowest BCUT2D eigenvalue weighted by Crippen LogP contribution is -2.10. The molecule has 0 spiro atoms. The van der Waals surface area contributed by atoms with Crippen molar-refractivity contribution in [3.8, 4) is 5.75 Å². The summed E-state index contributed by atoms with van der Waals surface area (Å²) in [5.74, 6) is 0.683. The molecule has 1 aromatic carbocycles. The molecule has 1 unspecified atom stereocenters. The monoisotopic (exact) mass is 243 g/mol. The first-order valence-corrected chi connectivity index (χ1v) is 5.85. The Labute approximate surface area is 101 Å². The smallest absolute Gasteiger partial charge is 0.137 e. The molecule has 0 saturated carbocycles. The standard InChI is InChI=1S/C12H18ClNO2/c1-2-16-12-6-5-9(8-10(12)13)11(14)4-3-7-15/h5-6,8,11,15H,2-4,7,14H2,1H3. The van der Waals surface area contributed by atoms with Crippen molar-refractivity contribution in [1.29, 1.82) is 0 Å². The van der Waals surface area contributed by atoms with Gasteiger partial charge in [0, 0.05) is 12.6 Å². The normalized spacial score (nSPS) is 12.5. The Morgan fingerprint density at radius 1 is 1.50 bits per heavy atom. The molecule has 0 aliphatic rings. The van der Waals surface area contributed by atoms with Crippen molar-refractivity contribution in [3.05, 3.63) is 28.8 Å². The minimum absolute atomic E-state index is 0.0830. The summed E-state index contributed by atoms with van der Waals surface area (Å²) in [7, 11) is 0. The number of aliphatic hydroxyl groups excluding tert-OH is 1. The highest BCUT2D eigenvalue weighted by atomic mass is 35.5. The van der Waals surface area contributed by atoms with Gasteiger partial charge < -0.3 is 15.6 Å². The van der Waals surface area contributed by atoms with E-state index in [1.165, 1.54) is 0 Å². The summed E-state index contributed by atoms with van der Waals surface area (Å²) < 4.78 is 5.34. The molecule has 3 nitrogen and oxygen atoms in total. The predicted octanol–water partition coefficient (Wildman–Crippen LogP) is 2.51. The van der Waals surface area contributed by atoms with E-state index in [-0.39, 0.29) is 12.6 Å². The molecule has 16 heavy (non-hydrogen) atoms. The fourth-order valence-corrected chi connectivity index (χ4v) is 1.74. The van der Waals surface area contributed by atoms with Gasteiger partial charge in [0.15, 0.2) is 0 Å². The molecule has 0 fully saturated rings. The van der Waals surface area contributed by atoms with Gasteiger partial charge in [-0.05, 0) is 37.5 Å². The van der Waals surface area contributed by atoms with Crippen LogP contribution in [0.2, 0.25) is 5.02 Å². The van der Waals surface area contributed by atoms with Gasteiger partial charge in [-0.3, -0.25) is 0 Å². The Morgan fingerprint density at radius 2 is 2.25 bits per heavy atom. The number of aliphatic hydroxyl groups is 1. The fourth-order valence-electron chi connectivity index (χ4n) is 1.50. The van der Waals surface area contributed by atoms with E-state index in [2.05, 4.69) is 0 Å². The van der Waals surface area contributed by atoms with Gasteiger partial charge in [-0.15, -0.1) is 0 Å². The molecule has 0 amide bonds. The summed E-state index contributed by atoms with van der Waals surface area (Å²) in [5, 5.41) is 9.31. The largest absolute Gasteiger partial charge is 0.492 e. The third-order valence-corrected chi connectivity index (χ3v) is 2.65. The number of hydrogen-bond donors (Lipinski definition) is 2. The predicted molar refractivity (Wildman–Crippen MR) is 65.9 cm³/mol. The van der Waals surface area contributed by atoms with Crippen LogP contribution in [-0.4, -0.2) is 18.3 Å². The van der Waals surface area contributed by atoms with Crippen molar-refractivity contribution in [3.63, 3.8) is 0 Å². The third-order valence-electron chi connectivity index (χ3n) is 2.36. The number of hydrogen-bond acceptors (Lipinski definition) is 3. The van der Waals surface area contributed by atoms with E-state index in [1.54, 1.807) is 0 Å². The quantitative estimate of drug-likeness (QED) is 0.807. The van der Waals surface area contributed by atoms with Crippen molar-refractivity contribution in [2.45, 2.75) is 25.8 Å². The summed E-state index contributed by atoms with van der Waals surface area (Å²) >= 11 is 6.06. The van der Waals surface area contributed by atoms with Crippen molar-refractivity contribution in [1.82, 2.24) is 0 Å². The average molecular weight is 244 g/mol. The topological polar surface area (TPSA) is 55.5 Å². The Morgan fingerprint density at radius 3 is 2.81 bits per heavy atom. The lowest BCUT2D eigenvalue weighted by Gasteiger charge is -2.13. The van der Waals surface area contributed by atoms with Crippen LogP contribution >= 0.6 is 11.6 Å². The van der Waals surface area contributed by atoms with Gasteiger partial charge in [-0.1, -0.05) is 17.7 Å². The highest BCUT2D eigenvalue weighted by Gasteiger charge is 2.08. The maximum Gasteiger partial charge on any atom is 0.137 e. The SMILES string of the molecule is CCOc1ccc(C(N)CCCO)cc1Cl. The highest BCUT2D eigenvalue weighted by Crippen LogP contribution is 2.28. The zero-order valence-electron chi connectivity index (χ0n) is 9.45. The Balaban J connectivity index is 2.71. The van der Waals surface area contributed by atoms with Gasteiger partial charge in [-0.2, -0.15) is 0 Å². The first kappa shape index (κ1) is 13.3. The minimum Gasteiger partial charge on any atom is -0.492 e. The summed E-state index contributed by atoms with van der Waals surface area (Å²) in [4.78, 5) is 0. The van der Waals surface area contributed by atoms with Crippen LogP contribution < -0.4 is 10.5 Å². The van der Waals surface area contributed by atoms with Crippen LogP contribution in [0.25, 0.3) is 0 Å². The number of ether oxygens (including phenoxy) is 1. The first-order valence-electron chi connectivity index (χ1n) is 5.47. The van der Waals surface area contributed by atoms with Crippen molar-refractivity contribution in [2.24, 2.45) is 5.73 Å². The molecule has 0 saturated heterocycles. The van der Waals surface area contributed by atoms with Crippen LogP contribution in [0.3, 0.4) is 0 Å². The Bertz CT molecular complexity index is 331. The molecule has 0 heterocycles. The second kappa shape index (κ2) is 6.74. The van der Waals surface area contributed by atoms with E-state index in [0.29, 0.717) is 23.8 Å². The van der Waals surface area contributed by atoms with Crippen molar-refractivity contribution >= 4 is 11.6 Å². The molecule has 1 rings (SSSR count). The number of benzene rings is 1. The molecule has 0 radical (unpaired) electrons. The molecule has 90 valence electrons. The van der Waals surface area contributed by atoms with Crippen LogP contribution in [0.5, 0.6) is 5.75 Å². The second-order valence-electron chi connectivity index (χ2n) is 3.60. The van der Waals surface area contributed by atoms with Crippen molar-refractivity contribution in [2.75, 3.05) is 13.2 Å². The fraction of sp³-hybridized carbons (Fsp3) is 0.500. The second-order valence-corrected chi connectivity index (χ2v) is 4.00. The molecule has 0 aliphatic carbocycles. The Kier molecular flexibility index (Phi) is 5.60. The average Bonchev–Trinajstić information content (AvgIpc) is 2.29. The molecule has 1 aromatic rings. The van der Waals surface area contributed by atoms with E-state index in [4.69, 9.17) is 27.2 Å². The maximum absolute atomic E-state index is 8.73. The molecule has 3 N–H and O–H groups in total. The van der Waals surface area contributed by atoms with Crippen LogP contribution in [0.1, 0.15) is 31.4 Å². The lowest BCUT2D eigenvalue weighted by molar-refractivity contribution is 0.280. The van der Waals surface area contributed by atoms with Crippen LogP contribution in [0.4, 0.5) is 0 Å². The van der Waals surface area contributed by atoms with E-state index in [9.17, 15) is 0 Å². The minimum atomic E-state index is -0.0830. The highest BCUT2D eigenvalue weighted by molar-refractivity contribution is 6.32. The molecule has 4 heteroatoms. The number of halogens is 1. The molecule has 1 atom stereocenters. The zero-order valence-corrected chi connectivity index (χ0v) is 10.2. The van der Waals surface area contributed by atoms with E-state index < -0.39 is 0 Å². The molecule has 0 bridgehead atoms. The van der Waals surface area contributed by atoms with Crippen LogP contribution in [0.15, 0.2) is 18.2 Å². The summed E-state index contributed by atoms with van der Waals surface area (Å²) in [6.45, 7) is 2.67. The number of rotatable bonds is 6. The third kappa shape index (κ3) is 3.67. The van der Waals surface area contributed by atoms with Crippen molar-refractivity contribution < 1.29 is 9.84 Å². The van der Waals surface area contributed by atoms with E-state index in [1.807, 2.05) is 25.1 Å². The van der Waals surface area contributed by atoms with Gasteiger partial charge in [0.25, 0.3) is 0 Å². The number of nitrogens with two attached hydrogens (primary N) is 1. The molecular formula is C12H18ClNO2. The van der Waals surface area contributed by atoms with Crippen LogP contribution in [0, 0.1) is 0 Å². The summed E-state index contributed by atoms with van der Waals surface area (Å²) in [5.41, 5.74) is 6.94. The van der Waals surface area contributed by atoms with Gasteiger partial charge in [0.1, 0.15) is 5.75 Å². The van der Waals surface area contributed by atoms with Gasteiger partial charge >= 0.3 is 0 Å². The van der Waals surface area contributed by atoms with Gasteiger partial charge in [0.05, 0.1) is 11.6 Å². The van der Waals surface area contributed by atoms with E-state index >= 15 is 0 Å². The lowest BCUT2D eigenvalue weighted by atomic mass is 10.0. The van der Waals surface area contributed by atoms with Gasteiger partial charge in [0.2, 0.25) is 0 Å². The molecular weight excluding hydrogens is 226 g/mol.